The van der Waals surface area contributed by atoms with E-state index in [1.165, 1.54) is 6.20 Å². The third-order valence-electron chi connectivity index (χ3n) is 7.00. The zero-order chi connectivity index (χ0) is 24.8. The number of carbonyl (C=O) groups excluding carboxylic acids is 1. The number of hydroxylamine groups is 1. The normalized spacial score (nSPS) is 16.8. The summed E-state index contributed by atoms with van der Waals surface area (Å²) in [6.07, 6.45) is 5.34. The molecule has 2 N–H and O–H groups in total. The fourth-order valence-electron chi connectivity index (χ4n) is 4.90. The molecular weight excluding hydrogens is 491 g/mol. The van der Waals surface area contributed by atoms with Crippen molar-refractivity contribution >= 4 is 39.7 Å². The van der Waals surface area contributed by atoms with Gasteiger partial charge in [-0.25, -0.2) is 14.9 Å². The SMILES string of the molecule is COc1ccc2ncc(Cl)c([C@H](F)CCC3(C(=O)NO)CCN(CCCc4nccs4)CC3)c2c1. The Morgan fingerprint density at radius 1 is 1.37 bits per heavy atom. The maximum atomic E-state index is 15.7. The smallest absolute Gasteiger partial charge is 0.249 e. The largest absolute Gasteiger partial charge is 0.497 e. The Morgan fingerprint density at radius 2 is 2.17 bits per heavy atom. The summed E-state index contributed by atoms with van der Waals surface area (Å²) in [5.41, 5.74) is 1.99. The van der Waals surface area contributed by atoms with Gasteiger partial charge >= 0.3 is 0 Å². The maximum absolute atomic E-state index is 15.7. The quantitative estimate of drug-likeness (QED) is 0.276. The number of carbonyl (C=O) groups is 1. The molecule has 0 unspecified atom stereocenters. The van der Waals surface area contributed by atoms with Gasteiger partial charge in [0.15, 0.2) is 0 Å². The van der Waals surface area contributed by atoms with Crippen molar-refractivity contribution < 1.29 is 19.1 Å². The van der Waals surface area contributed by atoms with Crippen LogP contribution in [-0.2, 0) is 11.2 Å². The van der Waals surface area contributed by atoms with Crippen molar-refractivity contribution in [3.63, 3.8) is 0 Å². The Morgan fingerprint density at radius 3 is 2.86 bits per heavy atom. The fraction of sp³-hybridized carbons (Fsp3) is 0.480. The van der Waals surface area contributed by atoms with Crippen LogP contribution in [0, 0.1) is 5.41 Å². The Balaban J connectivity index is 1.42. The van der Waals surface area contributed by atoms with Crippen LogP contribution in [0.25, 0.3) is 10.9 Å². The van der Waals surface area contributed by atoms with Gasteiger partial charge in [-0.2, -0.15) is 0 Å². The molecule has 10 heteroatoms. The minimum absolute atomic E-state index is 0.105. The first-order valence-electron chi connectivity index (χ1n) is 11.8. The third kappa shape index (κ3) is 5.91. The summed E-state index contributed by atoms with van der Waals surface area (Å²) >= 11 is 8.03. The first kappa shape index (κ1) is 25.8. The van der Waals surface area contributed by atoms with Crippen LogP contribution in [0.5, 0.6) is 5.75 Å². The molecule has 0 spiro atoms. The number of halogens is 2. The predicted octanol–water partition coefficient (Wildman–Crippen LogP) is 5.36. The average molecular weight is 521 g/mol. The monoisotopic (exact) mass is 520 g/mol. The second-order valence-corrected chi connectivity index (χ2v) is 10.4. The van der Waals surface area contributed by atoms with E-state index in [0.29, 0.717) is 41.5 Å². The molecule has 1 aliphatic heterocycles. The number of alkyl halides is 1. The minimum Gasteiger partial charge on any atom is -0.497 e. The van der Waals surface area contributed by atoms with E-state index in [1.54, 1.807) is 36.6 Å². The van der Waals surface area contributed by atoms with Crippen LogP contribution in [0.2, 0.25) is 5.02 Å². The third-order valence-corrected chi connectivity index (χ3v) is 8.14. The highest BCUT2D eigenvalue weighted by Crippen LogP contribution is 2.42. The van der Waals surface area contributed by atoms with Crippen LogP contribution in [0.1, 0.15) is 48.8 Å². The average Bonchev–Trinajstić information content (AvgIpc) is 3.40. The van der Waals surface area contributed by atoms with Gasteiger partial charge in [0.05, 0.1) is 28.1 Å². The number of fused-ring (bicyclic) bond motifs is 1. The summed E-state index contributed by atoms with van der Waals surface area (Å²) in [4.78, 5) is 23.7. The molecule has 188 valence electrons. The molecule has 1 amide bonds. The lowest BCUT2D eigenvalue weighted by Gasteiger charge is -2.40. The highest BCUT2D eigenvalue weighted by atomic mass is 35.5. The van der Waals surface area contributed by atoms with Gasteiger partial charge in [-0.3, -0.25) is 15.0 Å². The second-order valence-electron chi connectivity index (χ2n) is 9.00. The van der Waals surface area contributed by atoms with E-state index in [0.717, 1.165) is 37.5 Å². The number of ether oxygens (including phenoxy) is 1. The molecule has 1 aliphatic rings. The number of methoxy groups -OCH3 is 1. The molecule has 2 aromatic heterocycles. The van der Waals surface area contributed by atoms with Gasteiger partial charge in [0.1, 0.15) is 11.9 Å². The summed E-state index contributed by atoms with van der Waals surface area (Å²) < 4.78 is 21.0. The number of rotatable bonds is 10. The number of hydrogen-bond acceptors (Lipinski definition) is 7. The number of pyridine rings is 1. The van der Waals surface area contributed by atoms with Gasteiger partial charge in [-0.1, -0.05) is 11.6 Å². The number of nitrogens with one attached hydrogen (secondary N) is 1. The van der Waals surface area contributed by atoms with E-state index in [-0.39, 0.29) is 11.4 Å². The van der Waals surface area contributed by atoms with Crippen molar-refractivity contribution in [3.05, 3.63) is 51.6 Å². The predicted molar refractivity (Wildman–Crippen MR) is 135 cm³/mol. The van der Waals surface area contributed by atoms with Gasteiger partial charge in [-0.15, -0.1) is 11.3 Å². The number of piperidine rings is 1. The first-order valence-corrected chi connectivity index (χ1v) is 13.0. The minimum atomic E-state index is -1.39. The Kier molecular flexibility index (Phi) is 8.54. The molecule has 0 bridgehead atoms. The van der Waals surface area contributed by atoms with Crippen molar-refractivity contribution in [1.82, 2.24) is 20.3 Å². The summed E-state index contributed by atoms with van der Waals surface area (Å²) in [7, 11) is 1.55. The topological polar surface area (TPSA) is 87.6 Å². The molecular formula is C25H30ClFN4O3S. The molecule has 0 radical (unpaired) electrons. The van der Waals surface area contributed by atoms with Crippen molar-refractivity contribution in [2.24, 2.45) is 5.41 Å². The fourth-order valence-corrected chi connectivity index (χ4v) is 5.84. The van der Waals surface area contributed by atoms with Crippen LogP contribution in [0.15, 0.2) is 36.0 Å². The molecule has 1 aromatic carbocycles. The summed E-state index contributed by atoms with van der Waals surface area (Å²) in [5.74, 6) is 0.146. The van der Waals surface area contributed by atoms with Crippen LogP contribution in [0.4, 0.5) is 4.39 Å². The van der Waals surface area contributed by atoms with Crippen molar-refractivity contribution in [2.75, 3.05) is 26.7 Å². The van der Waals surface area contributed by atoms with Gasteiger partial charge in [-0.05, 0) is 69.9 Å². The molecule has 3 aromatic rings. The summed E-state index contributed by atoms with van der Waals surface area (Å²) in [6.45, 7) is 2.36. The molecule has 0 aliphatic carbocycles. The number of aryl methyl sites for hydroxylation is 1. The lowest BCUT2D eigenvalue weighted by molar-refractivity contribution is -0.143. The van der Waals surface area contributed by atoms with E-state index in [2.05, 4.69) is 14.9 Å². The van der Waals surface area contributed by atoms with Gasteiger partial charge in [0, 0.05) is 35.1 Å². The van der Waals surface area contributed by atoms with Crippen LogP contribution in [-0.4, -0.2) is 52.7 Å². The maximum Gasteiger partial charge on any atom is 0.249 e. The molecule has 3 heterocycles. The molecule has 7 nitrogen and oxygen atoms in total. The summed E-state index contributed by atoms with van der Waals surface area (Å²) in [5, 5.41) is 13.4. The van der Waals surface area contributed by atoms with Crippen molar-refractivity contribution in [2.45, 2.75) is 44.7 Å². The van der Waals surface area contributed by atoms with Crippen molar-refractivity contribution in [1.29, 1.82) is 0 Å². The zero-order valence-electron chi connectivity index (χ0n) is 19.7. The van der Waals surface area contributed by atoms with Gasteiger partial charge in [0.2, 0.25) is 5.91 Å². The zero-order valence-corrected chi connectivity index (χ0v) is 21.2. The van der Waals surface area contributed by atoms with Gasteiger partial charge in [0.25, 0.3) is 0 Å². The first-order chi connectivity index (χ1) is 17.0. The number of aromatic nitrogens is 2. The van der Waals surface area contributed by atoms with E-state index in [4.69, 9.17) is 16.3 Å². The number of nitrogens with zero attached hydrogens (tertiary/aromatic N) is 3. The number of likely N-dealkylation sites (tertiary alicyclic amines) is 1. The van der Waals surface area contributed by atoms with E-state index in [9.17, 15) is 10.0 Å². The van der Waals surface area contributed by atoms with Crippen molar-refractivity contribution in [3.8, 4) is 5.75 Å². The Hall–Kier alpha value is -2.33. The molecule has 1 atom stereocenters. The van der Waals surface area contributed by atoms with Crippen LogP contribution in [0.3, 0.4) is 0 Å². The molecule has 1 fully saturated rings. The van der Waals surface area contributed by atoms with E-state index < -0.39 is 17.5 Å². The lowest BCUT2D eigenvalue weighted by atomic mass is 9.73. The molecule has 1 saturated heterocycles. The Bertz CT molecular complexity index is 1140. The number of amides is 1. The van der Waals surface area contributed by atoms with Crippen LogP contribution < -0.4 is 10.2 Å². The van der Waals surface area contributed by atoms with E-state index in [1.807, 2.05) is 17.1 Å². The molecule has 4 rings (SSSR count). The highest BCUT2D eigenvalue weighted by Gasteiger charge is 2.41. The lowest BCUT2D eigenvalue weighted by Crippen LogP contribution is -2.48. The number of benzene rings is 1. The van der Waals surface area contributed by atoms with Crippen LogP contribution >= 0.6 is 22.9 Å². The number of hydrogen-bond donors (Lipinski definition) is 2. The molecule has 35 heavy (non-hydrogen) atoms. The second kappa shape index (κ2) is 11.6. The Labute approximate surface area is 213 Å². The summed E-state index contributed by atoms with van der Waals surface area (Å²) in [6, 6.07) is 5.27. The van der Waals surface area contributed by atoms with E-state index >= 15 is 4.39 Å². The standard InChI is InChI=1S/C25H30ClFN4O3S/c1-34-17-4-5-21-18(15-17)23(19(26)16-29-21)20(27)6-7-25(24(32)30-33)8-12-31(13-9-25)11-2-3-22-28-10-14-35-22/h4-5,10,14-16,20,33H,2-3,6-9,11-13H2,1H3,(H,30,32)/t20-/m1/s1. The number of thiazole rings is 1. The molecule has 0 saturated carbocycles. The highest BCUT2D eigenvalue weighted by molar-refractivity contribution is 7.09. The van der Waals surface area contributed by atoms with Gasteiger partial charge < -0.3 is 9.64 Å².